The van der Waals surface area contributed by atoms with E-state index in [0.717, 1.165) is 87.2 Å². The van der Waals surface area contributed by atoms with E-state index in [1.54, 1.807) is 12.1 Å². The van der Waals surface area contributed by atoms with Gasteiger partial charge in [-0.1, -0.05) is 84.9 Å². The molecule has 0 radical (unpaired) electrons. The van der Waals surface area contributed by atoms with Gasteiger partial charge in [0.1, 0.15) is 96.8 Å². The Kier molecular flexibility index (Phi) is 45.1. The van der Waals surface area contributed by atoms with Gasteiger partial charge in [-0.05, 0) is 171 Å². The summed E-state index contributed by atoms with van der Waals surface area (Å²) in [5.41, 5.74) is 33.3. The molecular weight excluding hydrogens is 1480 g/mol. The van der Waals surface area contributed by atoms with Crippen molar-refractivity contribution in [3.8, 4) is 39.9 Å². The molecule has 106 heavy (non-hydrogen) atoms. The lowest BCUT2D eigenvalue weighted by Crippen LogP contribution is -2.36. The first-order valence-electron chi connectivity index (χ1n) is 33.4. The summed E-state index contributed by atoms with van der Waals surface area (Å²) in [4.78, 5) is 14.6. The fourth-order valence-corrected chi connectivity index (χ4v) is 11.6. The number of halogens is 10. The summed E-state index contributed by atoms with van der Waals surface area (Å²) >= 11 is 11.3. The lowest BCUT2D eigenvalue weighted by atomic mass is 9.95. The lowest BCUT2D eigenvalue weighted by Gasteiger charge is -2.22. The van der Waals surface area contributed by atoms with Gasteiger partial charge >= 0.3 is 0 Å². The van der Waals surface area contributed by atoms with Gasteiger partial charge in [0, 0.05) is 76.9 Å². The first-order valence-corrected chi connectivity index (χ1v) is 37.7. The highest BCUT2D eigenvalue weighted by molar-refractivity contribution is 7.91. The Morgan fingerprint density at radius 2 is 0.906 bits per heavy atom. The molecule has 8 rings (SSSR count). The number of carbonyl (C=O) groups is 1. The number of carbonyl (C=O) groups excluding carboxylic acids is 1. The topological polar surface area (TPSA) is 312 Å². The number of benzene rings is 6. The summed E-state index contributed by atoms with van der Waals surface area (Å²) in [5, 5.41) is 2.97. The number of nitrogens with one attached hydrogen (secondary N) is 1. The van der Waals surface area contributed by atoms with Gasteiger partial charge in [-0.15, -0.1) is 0 Å². The van der Waals surface area contributed by atoms with Gasteiger partial charge in [-0.25, -0.2) is 52.0 Å². The number of ether oxygens (including phenoxy) is 6. The van der Waals surface area contributed by atoms with Crippen LogP contribution < -0.4 is 63.4 Å². The largest absolute Gasteiger partial charge is 0.487 e. The molecule has 1 saturated heterocycles. The number of nitrogens with two attached hydrogens (primary N) is 6. The maximum atomic E-state index is 14.0. The van der Waals surface area contributed by atoms with Crippen molar-refractivity contribution in [2.24, 2.45) is 34.4 Å². The molecule has 19 nitrogen and oxygen atoms in total. The average Bonchev–Trinajstić information content (AvgIpc) is 0.969. The third-order valence-corrected chi connectivity index (χ3v) is 18.0. The smallest absolute Gasteiger partial charge is 0.251 e. The van der Waals surface area contributed by atoms with Crippen molar-refractivity contribution in [1.29, 1.82) is 0 Å². The molecule has 0 spiro atoms. The molecule has 0 atom stereocenters. The molecule has 2 fully saturated rings. The molecule has 582 valence electrons. The maximum absolute atomic E-state index is 14.0. The molecule has 2 aliphatic rings. The first kappa shape index (κ1) is 92.0. The van der Waals surface area contributed by atoms with Gasteiger partial charge in [0.05, 0.1) is 32.2 Å². The standard InChI is InChI=1S/C17H22F2N2O2.C16H23FN2O3S.C16H16FNO.C11H13ClFNO3S.C10H10ClF2NO.C5H10FNO/c18-13(8-9-20)11-23-16-7-6-12(10-15(16)19)17(22)21-14-4-2-1-3-5-14;17-14(7-8-18)13-22-15-3-5-16(6-4-15)23(20,21)12-11-19-9-1-2-10-19;17-15(10-11-18)12-19-16-8-6-14(7-9-16)13-4-2-1-3-5-13;1-18(15,16)9-2-3-11(10(12)6-9)17-7-8(13)4-5-14;11-9-5-8(1-2-10(9)13)15-6-7(12)3-4-14;1-8-4-5(6)2-3-7/h6-8,10,14H,1-5,9,11,20H2,(H,21,22);3-7H,1-2,8-13,18H2;1-10H,11-12,18H2;2-4,6H,5,7,14H2,1H3;1-3,5H,4,6,14H2;2H,3-4,7H2,1H3/b13-8+;14-7+;15-10+;8-4+;7-3+;5-2+. The van der Waals surface area contributed by atoms with Crippen LogP contribution in [0.2, 0.25) is 10.0 Å². The maximum Gasteiger partial charge on any atom is 0.251 e. The van der Waals surface area contributed by atoms with Gasteiger partial charge in [0.2, 0.25) is 0 Å². The number of hydrogen-bond acceptors (Lipinski definition) is 18. The minimum atomic E-state index is -3.32. The number of sulfone groups is 2. The predicted molar refractivity (Wildman–Crippen MR) is 402 cm³/mol. The van der Waals surface area contributed by atoms with E-state index >= 15 is 0 Å². The second-order valence-corrected chi connectivity index (χ2v) is 27.8. The zero-order valence-electron chi connectivity index (χ0n) is 59.0. The van der Waals surface area contributed by atoms with Gasteiger partial charge in [-0.2, -0.15) is 0 Å². The fraction of sp³-hybridized carbons (Fsp3) is 0.347. The van der Waals surface area contributed by atoms with Crippen LogP contribution in [-0.2, 0) is 24.4 Å². The van der Waals surface area contributed by atoms with Crippen LogP contribution in [0.15, 0.2) is 215 Å². The summed E-state index contributed by atoms with van der Waals surface area (Å²) in [6, 6.07) is 35.6. The minimum Gasteiger partial charge on any atom is -0.487 e. The first-order chi connectivity index (χ1) is 50.7. The van der Waals surface area contributed by atoms with Gasteiger partial charge < -0.3 is 73.0 Å². The fourth-order valence-electron chi connectivity index (χ4n) is 9.17. The van der Waals surface area contributed by atoms with E-state index in [9.17, 15) is 56.8 Å². The Morgan fingerprint density at radius 3 is 1.36 bits per heavy atom. The Labute approximate surface area is 625 Å². The molecule has 1 aliphatic heterocycles. The van der Waals surface area contributed by atoms with E-state index in [-0.39, 0.29) is 145 Å². The van der Waals surface area contributed by atoms with E-state index in [1.807, 2.05) is 54.6 Å². The average molecular weight is 1570 g/mol. The zero-order valence-corrected chi connectivity index (χ0v) is 62.1. The van der Waals surface area contributed by atoms with Crippen LogP contribution in [0.5, 0.6) is 28.7 Å². The van der Waals surface area contributed by atoms with E-state index in [2.05, 4.69) is 15.0 Å². The van der Waals surface area contributed by atoms with E-state index in [1.165, 1.54) is 98.5 Å². The number of rotatable bonds is 31. The number of nitrogens with zero attached hydrogens (tertiary/aromatic N) is 1. The molecule has 0 unspecified atom stereocenters. The molecule has 6 aromatic carbocycles. The van der Waals surface area contributed by atoms with Crippen LogP contribution in [0.25, 0.3) is 11.1 Å². The highest BCUT2D eigenvalue weighted by Crippen LogP contribution is 2.29. The van der Waals surface area contributed by atoms with Crippen molar-refractivity contribution in [3.63, 3.8) is 0 Å². The third-order valence-electron chi connectivity index (χ3n) is 14.6. The Hall–Kier alpha value is -8.17. The summed E-state index contributed by atoms with van der Waals surface area (Å²) in [7, 11) is -5.19. The molecule has 6 aromatic rings. The minimum absolute atomic E-state index is 0.0250. The van der Waals surface area contributed by atoms with Crippen LogP contribution >= 0.6 is 23.2 Å². The van der Waals surface area contributed by atoms with Crippen molar-refractivity contribution in [1.82, 2.24) is 10.2 Å². The van der Waals surface area contributed by atoms with Crippen LogP contribution in [0.3, 0.4) is 0 Å². The number of amides is 1. The molecule has 1 saturated carbocycles. The third kappa shape index (κ3) is 38.4. The molecule has 1 aliphatic carbocycles. The monoisotopic (exact) mass is 1570 g/mol. The quantitative estimate of drug-likeness (QED) is 0.0199. The molecule has 0 bridgehead atoms. The van der Waals surface area contributed by atoms with E-state index in [4.69, 9.17) is 81.3 Å². The molecule has 1 heterocycles. The highest BCUT2D eigenvalue weighted by atomic mass is 35.5. The summed E-state index contributed by atoms with van der Waals surface area (Å²) in [5.74, 6) is -2.60. The molecule has 13 N–H and O–H groups in total. The normalized spacial score (nSPS) is 13.9. The SMILES string of the molecule is COC/C(F)=C\CN.CS(=O)(=O)c1ccc(OC/C(F)=C\CN)c(Cl)c1.NC/C=C(/F)COc1ccc(-c2ccccc2)cc1.NC/C=C(/F)COc1ccc(C(=O)NC2CCCCC2)cc1F.NC/C=C(/F)COc1ccc(F)c(Cl)c1.NC/C=C(/F)COc1ccc(S(=O)(=O)CCN2CCCC2)cc1. The van der Waals surface area contributed by atoms with E-state index < -0.39 is 54.6 Å². The van der Waals surface area contributed by atoms with Crippen molar-refractivity contribution in [2.45, 2.75) is 60.8 Å². The van der Waals surface area contributed by atoms with Gasteiger partial charge in [0.15, 0.2) is 31.2 Å². The van der Waals surface area contributed by atoms with Crippen LogP contribution in [0.4, 0.5) is 35.1 Å². The number of methoxy groups -OCH3 is 1. The van der Waals surface area contributed by atoms with Crippen LogP contribution in [-0.4, -0.2) is 151 Å². The molecule has 1 amide bonds. The van der Waals surface area contributed by atoms with Crippen LogP contribution in [0.1, 0.15) is 55.3 Å². The second-order valence-electron chi connectivity index (χ2n) is 22.8. The van der Waals surface area contributed by atoms with Crippen molar-refractivity contribution in [3.05, 3.63) is 232 Å². The van der Waals surface area contributed by atoms with E-state index in [0.29, 0.717) is 23.8 Å². The Balaban J connectivity index is 0.000000337. The Morgan fingerprint density at radius 1 is 0.481 bits per heavy atom. The second kappa shape index (κ2) is 52.0. The number of likely N-dealkylation sites (tertiary alicyclic amines) is 1. The summed E-state index contributed by atoms with van der Waals surface area (Å²) < 4.78 is 181. The summed E-state index contributed by atoms with van der Waals surface area (Å²) in [6.07, 6.45) is 16.0. The zero-order chi connectivity index (χ0) is 78.3. The van der Waals surface area contributed by atoms with Crippen LogP contribution in [0, 0.1) is 11.6 Å². The number of hydrogen-bond donors (Lipinski definition) is 7. The lowest BCUT2D eigenvalue weighted by molar-refractivity contribution is 0.0927. The van der Waals surface area contributed by atoms with Gasteiger partial charge in [0.25, 0.3) is 5.91 Å². The predicted octanol–water partition coefficient (Wildman–Crippen LogP) is 13.4. The molecule has 0 aromatic heterocycles. The summed E-state index contributed by atoms with van der Waals surface area (Å²) in [6.45, 7) is 2.10. The Bertz CT molecular complexity index is 4010. The van der Waals surface area contributed by atoms with Crippen molar-refractivity contribution in [2.75, 3.05) is 118 Å². The van der Waals surface area contributed by atoms with Crippen molar-refractivity contribution >= 4 is 48.8 Å². The molecule has 31 heteroatoms. The van der Waals surface area contributed by atoms with Gasteiger partial charge in [-0.3, -0.25) is 4.79 Å². The molecular formula is C75H94Cl2F8N8O11S2. The van der Waals surface area contributed by atoms with Crippen molar-refractivity contribution < 1.29 is 85.2 Å². The highest BCUT2D eigenvalue weighted by Gasteiger charge is 2.21.